The summed E-state index contributed by atoms with van der Waals surface area (Å²) in [5.41, 5.74) is 2.65. The molecule has 0 spiro atoms. The van der Waals surface area contributed by atoms with Crippen molar-refractivity contribution in [3.8, 4) is 23.0 Å². The molecule has 7 nitrogen and oxygen atoms in total. The second-order valence-electron chi connectivity index (χ2n) is 7.39. The maximum absolute atomic E-state index is 12.3. The van der Waals surface area contributed by atoms with E-state index in [-0.39, 0.29) is 18.6 Å². The van der Waals surface area contributed by atoms with Gasteiger partial charge in [0, 0.05) is 11.8 Å². The standard InChI is InChI=1S/C23H25N3O4/c1-15-6-5-11-24-21(15)22(27)25-13-17-14-29-23(26-17)16-9-10-19(28-2)20(12-16)30-18-7-3-4-8-18/h5-6,9-12,14,18H,3-4,7-8,13H2,1-2H3,(H,25,27). The molecule has 0 bridgehead atoms. The third-order valence-electron chi connectivity index (χ3n) is 5.21. The molecular formula is C23H25N3O4. The van der Waals surface area contributed by atoms with Gasteiger partial charge in [0.05, 0.1) is 25.5 Å². The van der Waals surface area contributed by atoms with Crippen LogP contribution in [0.25, 0.3) is 11.5 Å². The summed E-state index contributed by atoms with van der Waals surface area (Å²) in [6.45, 7) is 2.10. The van der Waals surface area contributed by atoms with E-state index < -0.39 is 0 Å². The SMILES string of the molecule is COc1ccc(-c2nc(CNC(=O)c3ncccc3C)co2)cc1OC1CCCC1. The van der Waals surface area contributed by atoms with Crippen LogP contribution in [0.15, 0.2) is 47.2 Å². The minimum atomic E-state index is -0.241. The van der Waals surface area contributed by atoms with Crippen LogP contribution in [0.3, 0.4) is 0 Å². The number of hydrogen-bond acceptors (Lipinski definition) is 6. The van der Waals surface area contributed by atoms with Crippen molar-refractivity contribution in [3.05, 3.63) is 59.7 Å². The van der Waals surface area contributed by atoms with Crippen molar-refractivity contribution >= 4 is 5.91 Å². The molecule has 1 aliphatic carbocycles. The molecular weight excluding hydrogens is 382 g/mol. The van der Waals surface area contributed by atoms with Gasteiger partial charge in [0.25, 0.3) is 5.91 Å². The van der Waals surface area contributed by atoms with Crippen molar-refractivity contribution in [2.75, 3.05) is 7.11 Å². The number of carbonyl (C=O) groups is 1. The van der Waals surface area contributed by atoms with Crippen molar-refractivity contribution in [3.63, 3.8) is 0 Å². The highest BCUT2D eigenvalue weighted by Crippen LogP contribution is 2.35. The number of amides is 1. The molecule has 0 saturated heterocycles. The van der Waals surface area contributed by atoms with E-state index >= 15 is 0 Å². The summed E-state index contributed by atoms with van der Waals surface area (Å²) in [6.07, 6.45) is 7.88. The smallest absolute Gasteiger partial charge is 0.270 e. The number of methoxy groups -OCH3 is 1. The maximum atomic E-state index is 12.3. The van der Waals surface area contributed by atoms with Crippen LogP contribution in [0.4, 0.5) is 0 Å². The summed E-state index contributed by atoms with van der Waals surface area (Å²) < 4.78 is 17.2. The van der Waals surface area contributed by atoms with Crippen LogP contribution in [-0.4, -0.2) is 29.1 Å². The van der Waals surface area contributed by atoms with Crippen molar-refractivity contribution < 1.29 is 18.7 Å². The Balaban J connectivity index is 1.45. The van der Waals surface area contributed by atoms with Gasteiger partial charge in [0.1, 0.15) is 12.0 Å². The second kappa shape index (κ2) is 8.98. The lowest BCUT2D eigenvalue weighted by Gasteiger charge is -2.16. The molecule has 3 aromatic rings. The first-order valence-corrected chi connectivity index (χ1v) is 10.1. The molecule has 1 fully saturated rings. The molecule has 0 unspecified atom stereocenters. The lowest BCUT2D eigenvalue weighted by molar-refractivity contribution is 0.0944. The highest BCUT2D eigenvalue weighted by Gasteiger charge is 2.20. The van der Waals surface area contributed by atoms with Gasteiger partial charge < -0.3 is 19.2 Å². The van der Waals surface area contributed by atoms with Gasteiger partial charge in [-0.15, -0.1) is 0 Å². The highest BCUT2D eigenvalue weighted by atomic mass is 16.5. The van der Waals surface area contributed by atoms with E-state index in [1.54, 1.807) is 25.6 Å². The Kier molecular flexibility index (Phi) is 5.97. The fourth-order valence-electron chi connectivity index (χ4n) is 3.59. The lowest BCUT2D eigenvalue weighted by Crippen LogP contribution is -2.24. The number of ether oxygens (including phenoxy) is 2. The van der Waals surface area contributed by atoms with Crippen molar-refractivity contribution in [2.45, 2.75) is 45.3 Å². The highest BCUT2D eigenvalue weighted by molar-refractivity contribution is 5.93. The molecule has 2 heterocycles. The van der Waals surface area contributed by atoms with E-state index in [2.05, 4.69) is 15.3 Å². The second-order valence-corrected chi connectivity index (χ2v) is 7.39. The third-order valence-corrected chi connectivity index (χ3v) is 5.21. The number of benzene rings is 1. The quantitative estimate of drug-likeness (QED) is 0.628. The van der Waals surface area contributed by atoms with E-state index in [0.29, 0.717) is 28.8 Å². The van der Waals surface area contributed by atoms with Gasteiger partial charge in [-0.3, -0.25) is 9.78 Å². The van der Waals surface area contributed by atoms with Gasteiger partial charge in [-0.25, -0.2) is 4.98 Å². The molecule has 1 amide bonds. The van der Waals surface area contributed by atoms with Crippen LogP contribution >= 0.6 is 0 Å². The van der Waals surface area contributed by atoms with Crippen molar-refractivity contribution in [1.29, 1.82) is 0 Å². The number of rotatable bonds is 7. The first-order valence-electron chi connectivity index (χ1n) is 10.1. The molecule has 156 valence electrons. The molecule has 0 aliphatic heterocycles. The summed E-state index contributed by atoms with van der Waals surface area (Å²) in [7, 11) is 1.63. The number of carbonyl (C=O) groups excluding carboxylic acids is 1. The van der Waals surface area contributed by atoms with E-state index in [1.807, 2.05) is 31.2 Å². The first-order chi connectivity index (χ1) is 14.6. The third kappa shape index (κ3) is 4.45. The molecule has 1 aromatic carbocycles. The molecule has 0 radical (unpaired) electrons. The zero-order chi connectivity index (χ0) is 20.9. The molecule has 1 saturated carbocycles. The Morgan fingerprint density at radius 1 is 1.23 bits per heavy atom. The van der Waals surface area contributed by atoms with Gasteiger partial charge in [-0.2, -0.15) is 0 Å². The summed E-state index contributed by atoms with van der Waals surface area (Å²) in [5.74, 6) is 1.61. The fraction of sp³-hybridized carbons (Fsp3) is 0.348. The zero-order valence-electron chi connectivity index (χ0n) is 17.2. The molecule has 1 N–H and O–H groups in total. The topological polar surface area (TPSA) is 86.5 Å². The van der Waals surface area contributed by atoms with E-state index in [9.17, 15) is 4.79 Å². The average molecular weight is 407 g/mol. The Hall–Kier alpha value is -3.35. The predicted molar refractivity (Wildman–Crippen MR) is 112 cm³/mol. The Morgan fingerprint density at radius 2 is 2.07 bits per heavy atom. The monoisotopic (exact) mass is 407 g/mol. The normalized spacial score (nSPS) is 13.9. The number of pyridine rings is 1. The molecule has 7 heteroatoms. The van der Waals surface area contributed by atoms with Gasteiger partial charge in [0.15, 0.2) is 11.5 Å². The van der Waals surface area contributed by atoms with Gasteiger partial charge >= 0.3 is 0 Å². The minimum absolute atomic E-state index is 0.222. The largest absolute Gasteiger partial charge is 0.493 e. The van der Waals surface area contributed by atoms with Gasteiger partial charge in [-0.1, -0.05) is 6.07 Å². The molecule has 0 atom stereocenters. The van der Waals surface area contributed by atoms with Crippen molar-refractivity contribution in [1.82, 2.24) is 15.3 Å². The molecule has 30 heavy (non-hydrogen) atoms. The van der Waals surface area contributed by atoms with Crippen LogP contribution < -0.4 is 14.8 Å². The molecule has 4 rings (SSSR count). The number of aryl methyl sites for hydroxylation is 1. The number of oxazole rings is 1. The first kappa shape index (κ1) is 19.9. The van der Waals surface area contributed by atoms with Crippen LogP contribution in [0.2, 0.25) is 0 Å². The van der Waals surface area contributed by atoms with Gasteiger partial charge in [0.2, 0.25) is 5.89 Å². The average Bonchev–Trinajstić information content (AvgIpc) is 3.44. The van der Waals surface area contributed by atoms with Crippen LogP contribution in [0, 0.1) is 6.92 Å². The predicted octanol–water partition coefficient (Wildman–Crippen LogP) is 4.31. The number of hydrogen-bond donors (Lipinski definition) is 1. The lowest BCUT2D eigenvalue weighted by atomic mass is 10.2. The maximum Gasteiger partial charge on any atom is 0.270 e. The molecule has 1 aliphatic rings. The fourth-order valence-corrected chi connectivity index (χ4v) is 3.59. The summed E-state index contributed by atoms with van der Waals surface area (Å²) >= 11 is 0. The summed E-state index contributed by atoms with van der Waals surface area (Å²) in [6, 6.07) is 9.28. The van der Waals surface area contributed by atoms with Gasteiger partial charge in [-0.05, 0) is 62.4 Å². The Bertz CT molecular complexity index is 1020. The van der Waals surface area contributed by atoms with E-state index in [4.69, 9.17) is 13.9 Å². The van der Waals surface area contributed by atoms with Crippen LogP contribution in [-0.2, 0) is 6.54 Å². The number of nitrogens with zero attached hydrogens (tertiary/aromatic N) is 2. The number of nitrogens with one attached hydrogen (secondary N) is 1. The van der Waals surface area contributed by atoms with Crippen molar-refractivity contribution in [2.24, 2.45) is 0 Å². The number of aromatic nitrogens is 2. The Morgan fingerprint density at radius 3 is 2.83 bits per heavy atom. The molecule has 2 aromatic heterocycles. The van der Waals surface area contributed by atoms with Crippen LogP contribution in [0.5, 0.6) is 11.5 Å². The van der Waals surface area contributed by atoms with Crippen LogP contribution in [0.1, 0.15) is 47.4 Å². The summed E-state index contributed by atoms with van der Waals surface area (Å²) in [4.78, 5) is 21.0. The summed E-state index contributed by atoms with van der Waals surface area (Å²) in [5, 5.41) is 2.83. The zero-order valence-corrected chi connectivity index (χ0v) is 17.2. The van der Waals surface area contributed by atoms with E-state index in [1.165, 1.54) is 12.8 Å². The minimum Gasteiger partial charge on any atom is -0.493 e. The van der Waals surface area contributed by atoms with E-state index in [0.717, 1.165) is 24.0 Å². The Labute approximate surface area is 175 Å².